The summed E-state index contributed by atoms with van der Waals surface area (Å²) in [5, 5.41) is 4.92. The van der Waals surface area contributed by atoms with Crippen molar-refractivity contribution in [2.45, 2.75) is 44.7 Å². The molecule has 0 radical (unpaired) electrons. The van der Waals surface area contributed by atoms with E-state index in [0.29, 0.717) is 19.5 Å². The minimum atomic E-state index is -0.339. The highest BCUT2D eigenvalue weighted by molar-refractivity contribution is 7.09. The van der Waals surface area contributed by atoms with Crippen LogP contribution in [0.15, 0.2) is 40.3 Å². The van der Waals surface area contributed by atoms with Crippen molar-refractivity contribution in [1.82, 2.24) is 10.2 Å². The lowest BCUT2D eigenvalue weighted by Crippen LogP contribution is -2.45. The molecule has 2 amide bonds. The Labute approximate surface area is 145 Å². The first-order chi connectivity index (χ1) is 11.7. The quantitative estimate of drug-likeness (QED) is 0.838. The van der Waals surface area contributed by atoms with E-state index in [0.717, 1.165) is 31.4 Å². The molecule has 1 fully saturated rings. The topological polar surface area (TPSA) is 62.6 Å². The smallest absolute Gasteiger partial charge is 0.243 e. The maximum absolute atomic E-state index is 12.5. The molecular weight excluding hydrogens is 324 g/mol. The zero-order valence-electron chi connectivity index (χ0n) is 13.6. The molecule has 2 aromatic heterocycles. The summed E-state index contributed by atoms with van der Waals surface area (Å²) in [6.45, 7) is 1.04. The van der Waals surface area contributed by atoms with Crippen LogP contribution in [0.25, 0.3) is 0 Å². The molecule has 0 aliphatic carbocycles. The first-order valence-corrected chi connectivity index (χ1v) is 9.24. The molecule has 1 saturated heterocycles. The van der Waals surface area contributed by atoms with Gasteiger partial charge in [-0.15, -0.1) is 11.3 Å². The van der Waals surface area contributed by atoms with Crippen molar-refractivity contribution in [3.8, 4) is 0 Å². The van der Waals surface area contributed by atoms with E-state index < -0.39 is 0 Å². The highest BCUT2D eigenvalue weighted by atomic mass is 32.1. The normalized spacial score (nSPS) is 17.2. The van der Waals surface area contributed by atoms with Gasteiger partial charge < -0.3 is 14.6 Å². The number of carbonyl (C=O) groups is 2. The van der Waals surface area contributed by atoms with Gasteiger partial charge in [0.1, 0.15) is 11.8 Å². The van der Waals surface area contributed by atoms with Gasteiger partial charge in [-0.05, 0) is 49.3 Å². The van der Waals surface area contributed by atoms with Crippen molar-refractivity contribution in [2.24, 2.45) is 0 Å². The average molecular weight is 346 g/mol. The van der Waals surface area contributed by atoms with E-state index in [1.165, 1.54) is 4.88 Å². The monoisotopic (exact) mass is 346 g/mol. The van der Waals surface area contributed by atoms with E-state index in [9.17, 15) is 9.59 Å². The minimum absolute atomic E-state index is 0.0854. The first kappa shape index (κ1) is 16.8. The number of aryl methyl sites for hydroxylation is 1. The van der Waals surface area contributed by atoms with Gasteiger partial charge in [0.25, 0.3) is 0 Å². The van der Waals surface area contributed by atoms with Crippen molar-refractivity contribution in [3.05, 3.63) is 46.5 Å². The Balaban J connectivity index is 1.46. The Hall–Kier alpha value is -2.08. The number of furan rings is 1. The van der Waals surface area contributed by atoms with E-state index in [-0.39, 0.29) is 17.9 Å². The van der Waals surface area contributed by atoms with Crippen LogP contribution < -0.4 is 5.32 Å². The van der Waals surface area contributed by atoms with Gasteiger partial charge in [-0.1, -0.05) is 6.07 Å². The largest absolute Gasteiger partial charge is 0.467 e. The number of amides is 2. The lowest BCUT2D eigenvalue weighted by atomic mass is 10.1. The molecule has 2 aromatic rings. The zero-order valence-corrected chi connectivity index (χ0v) is 14.4. The number of carbonyl (C=O) groups excluding carboxylic acids is 2. The Morgan fingerprint density at radius 3 is 3.00 bits per heavy atom. The summed E-state index contributed by atoms with van der Waals surface area (Å²) in [4.78, 5) is 27.9. The molecule has 1 N–H and O–H groups in total. The van der Waals surface area contributed by atoms with Crippen LogP contribution in [0.1, 0.15) is 36.3 Å². The van der Waals surface area contributed by atoms with Crippen LogP contribution in [0.3, 0.4) is 0 Å². The maximum atomic E-state index is 12.5. The Kier molecular flexibility index (Phi) is 5.69. The van der Waals surface area contributed by atoms with Crippen LogP contribution in [-0.4, -0.2) is 29.3 Å². The van der Waals surface area contributed by atoms with Crippen LogP contribution in [-0.2, 0) is 22.6 Å². The van der Waals surface area contributed by atoms with Crippen molar-refractivity contribution >= 4 is 23.2 Å². The van der Waals surface area contributed by atoms with Crippen molar-refractivity contribution < 1.29 is 14.0 Å². The van der Waals surface area contributed by atoms with Gasteiger partial charge in [-0.25, -0.2) is 0 Å². The Morgan fingerprint density at radius 2 is 2.25 bits per heavy atom. The number of hydrogen-bond donors (Lipinski definition) is 1. The zero-order chi connectivity index (χ0) is 16.8. The molecule has 3 rings (SSSR count). The molecule has 1 aliphatic rings. The molecule has 0 spiro atoms. The summed E-state index contributed by atoms with van der Waals surface area (Å²) in [6.07, 6.45) is 5.46. The van der Waals surface area contributed by atoms with Gasteiger partial charge in [0, 0.05) is 17.8 Å². The van der Waals surface area contributed by atoms with Crippen LogP contribution in [0.4, 0.5) is 0 Å². The molecule has 6 heteroatoms. The lowest BCUT2D eigenvalue weighted by molar-refractivity contribution is -0.138. The fraction of sp³-hybridized carbons (Fsp3) is 0.444. The molecule has 128 valence electrons. The molecule has 1 aliphatic heterocycles. The van der Waals surface area contributed by atoms with E-state index in [1.807, 2.05) is 12.1 Å². The Morgan fingerprint density at radius 1 is 1.33 bits per heavy atom. The first-order valence-electron chi connectivity index (χ1n) is 8.36. The van der Waals surface area contributed by atoms with Crippen LogP contribution >= 0.6 is 11.3 Å². The fourth-order valence-electron chi connectivity index (χ4n) is 3.06. The van der Waals surface area contributed by atoms with Gasteiger partial charge in [-0.2, -0.15) is 0 Å². The second-order valence-corrected chi connectivity index (χ2v) is 7.01. The molecule has 24 heavy (non-hydrogen) atoms. The summed E-state index contributed by atoms with van der Waals surface area (Å²) in [5.74, 6) is 0.716. The lowest BCUT2D eigenvalue weighted by Gasteiger charge is -2.24. The molecule has 0 saturated carbocycles. The number of hydrogen-bond acceptors (Lipinski definition) is 4. The SMILES string of the molecule is O=C(NCc1ccco1)C1CCCN1C(=O)CCCc1cccs1. The molecule has 1 unspecified atom stereocenters. The predicted octanol–water partition coefficient (Wildman–Crippen LogP) is 2.97. The second kappa shape index (κ2) is 8.15. The van der Waals surface area contributed by atoms with E-state index in [4.69, 9.17) is 4.42 Å². The second-order valence-electron chi connectivity index (χ2n) is 5.98. The highest BCUT2D eigenvalue weighted by Gasteiger charge is 2.33. The van der Waals surface area contributed by atoms with Crippen LogP contribution in [0.5, 0.6) is 0 Å². The Bertz CT molecular complexity index is 652. The number of rotatable bonds is 7. The van der Waals surface area contributed by atoms with Gasteiger partial charge in [-0.3, -0.25) is 9.59 Å². The fourth-order valence-corrected chi connectivity index (χ4v) is 3.81. The highest BCUT2D eigenvalue weighted by Crippen LogP contribution is 2.20. The van der Waals surface area contributed by atoms with Crippen LogP contribution in [0.2, 0.25) is 0 Å². The molecule has 0 bridgehead atoms. The summed E-state index contributed by atoms with van der Waals surface area (Å²) in [6, 6.07) is 7.40. The third kappa shape index (κ3) is 4.26. The maximum Gasteiger partial charge on any atom is 0.243 e. The number of nitrogens with one attached hydrogen (secondary N) is 1. The average Bonchev–Trinajstić information content (AvgIpc) is 3.33. The molecule has 1 atom stereocenters. The van der Waals surface area contributed by atoms with Crippen molar-refractivity contribution in [1.29, 1.82) is 0 Å². The third-order valence-corrected chi connectivity index (χ3v) is 5.22. The molecule has 0 aromatic carbocycles. The predicted molar refractivity (Wildman–Crippen MR) is 92.5 cm³/mol. The summed E-state index contributed by atoms with van der Waals surface area (Å²) in [7, 11) is 0. The van der Waals surface area contributed by atoms with Gasteiger partial charge >= 0.3 is 0 Å². The van der Waals surface area contributed by atoms with Crippen LogP contribution in [0, 0.1) is 0 Å². The summed E-state index contributed by atoms with van der Waals surface area (Å²) >= 11 is 1.72. The summed E-state index contributed by atoms with van der Waals surface area (Å²) < 4.78 is 5.22. The minimum Gasteiger partial charge on any atom is -0.467 e. The van der Waals surface area contributed by atoms with E-state index in [2.05, 4.69) is 16.8 Å². The van der Waals surface area contributed by atoms with Crippen molar-refractivity contribution in [3.63, 3.8) is 0 Å². The summed E-state index contributed by atoms with van der Waals surface area (Å²) in [5.41, 5.74) is 0. The van der Waals surface area contributed by atoms with E-state index in [1.54, 1.807) is 28.6 Å². The van der Waals surface area contributed by atoms with Gasteiger partial charge in [0.15, 0.2) is 0 Å². The van der Waals surface area contributed by atoms with E-state index >= 15 is 0 Å². The molecule has 5 nitrogen and oxygen atoms in total. The molecular formula is C18H22N2O3S. The van der Waals surface area contributed by atoms with Crippen molar-refractivity contribution in [2.75, 3.05) is 6.54 Å². The number of likely N-dealkylation sites (tertiary alicyclic amines) is 1. The number of thiophene rings is 1. The van der Waals surface area contributed by atoms with Gasteiger partial charge in [0.05, 0.1) is 12.8 Å². The standard InChI is InChI=1S/C18H22N2O3S/c21-17(9-1-6-15-7-4-12-24-15)20-10-2-8-16(20)18(22)19-13-14-5-3-11-23-14/h3-5,7,11-12,16H,1-2,6,8-10,13H2,(H,19,22). The number of nitrogens with zero attached hydrogens (tertiary/aromatic N) is 1. The molecule has 3 heterocycles. The van der Waals surface area contributed by atoms with Gasteiger partial charge in [0.2, 0.25) is 11.8 Å². The third-order valence-electron chi connectivity index (χ3n) is 4.29.